The Morgan fingerprint density at radius 2 is 1.89 bits per heavy atom. The monoisotopic (exact) mass is 288 g/mol. The number of hydrogen-bond acceptors (Lipinski definition) is 5. The molecule has 1 aromatic carbocycles. The number of sulfonamides is 1. The summed E-state index contributed by atoms with van der Waals surface area (Å²) >= 11 is 0. The van der Waals surface area contributed by atoms with E-state index in [1.807, 2.05) is 4.89 Å². The van der Waals surface area contributed by atoms with Gasteiger partial charge in [-0.1, -0.05) is 4.89 Å². The smallest absolute Gasteiger partial charge is 0.266 e. The van der Waals surface area contributed by atoms with Gasteiger partial charge in [-0.05, 0) is 18.2 Å². The molecule has 1 amide bonds. The first-order chi connectivity index (χ1) is 8.83. The average Bonchev–Trinajstić information content (AvgIpc) is 2.36. The molecular weight excluding hydrogens is 272 g/mol. The van der Waals surface area contributed by atoms with Crippen molar-refractivity contribution in [2.75, 3.05) is 28.3 Å². The van der Waals surface area contributed by atoms with Gasteiger partial charge in [-0.3, -0.25) is 9.63 Å². The number of amides is 1. The molecule has 0 saturated heterocycles. The first-order valence-electron chi connectivity index (χ1n) is 5.28. The molecule has 0 bridgehead atoms. The molecule has 0 heterocycles. The Morgan fingerprint density at radius 1 is 1.26 bits per heavy atom. The lowest BCUT2D eigenvalue weighted by atomic mass is 10.2. The molecule has 0 unspecified atom stereocenters. The van der Waals surface area contributed by atoms with E-state index in [1.165, 1.54) is 37.3 Å². The highest BCUT2D eigenvalue weighted by Crippen LogP contribution is 2.25. The second kappa shape index (κ2) is 6.00. The van der Waals surface area contributed by atoms with Gasteiger partial charge in [-0.2, -0.15) is 0 Å². The van der Waals surface area contributed by atoms with Crippen LogP contribution in [0.15, 0.2) is 23.1 Å². The van der Waals surface area contributed by atoms with E-state index in [0.717, 1.165) is 0 Å². The van der Waals surface area contributed by atoms with Crippen molar-refractivity contribution in [3.63, 3.8) is 0 Å². The minimum atomic E-state index is -3.90. The summed E-state index contributed by atoms with van der Waals surface area (Å²) in [6.45, 7) is 0. The molecule has 0 radical (unpaired) electrons. The van der Waals surface area contributed by atoms with Gasteiger partial charge >= 0.3 is 0 Å². The number of methoxy groups -OCH3 is 1. The lowest BCUT2D eigenvalue weighted by Crippen LogP contribution is -2.25. The van der Waals surface area contributed by atoms with E-state index in [0.29, 0.717) is 0 Å². The molecule has 0 fully saturated rings. The van der Waals surface area contributed by atoms with Gasteiger partial charge in [0, 0.05) is 19.7 Å². The number of carbonyl (C=O) groups excluding carboxylic acids is 1. The normalized spacial score (nSPS) is 11.2. The number of rotatable bonds is 5. The van der Waals surface area contributed by atoms with Crippen LogP contribution in [-0.2, 0) is 14.9 Å². The maximum Gasteiger partial charge on any atom is 0.266 e. The zero-order valence-corrected chi connectivity index (χ0v) is 11.9. The first-order valence-corrected chi connectivity index (χ1v) is 6.76. The molecule has 1 rings (SSSR count). The van der Waals surface area contributed by atoms with Gasteiger partial charge in [0.1, 0.15) is 10.6 Å². The van der Waals surface area contributed by atoms with Crippen LogP contribution in [0.3, 0.4) is 0 Å². The molecule has 0 aliphatic carbocycles. The van der Waals surface area contributed by atoms with E-state index in [1.54, 1.807) is 14.1 Å². The predicted octanol–water partition coefficient (Wildman–Crippen LogP) is 0.237. The van der Waals surface area contributed by atoms with Crippen molar-refractivity contribution in [1.29, 1.82) is 0 Å². The van der Waals surface area contributed by atoms with Gasteiger partial charge in [0.2, 0.25) is 0 Å². The van der Waals surface area contributed by atoms with E-state index in [9.17, 15) is 13.2 Å². The molecule has 1 N–H and O–H groups in total. The molecule has 8 heteroatoms. The molecule has 0 saturated carbocycles. The standard InChI is InChI=1S/C11H16N2O5S/c1-13(2)11(14)8-5-6-9(17-3)10(7-8)19(15,16)12-18-4/h5-7,12H,1-4H3. The molecule has 1 aromatic rings. The Labute approximate surface area is 112 Å². The molecule has 0 aliphatic rings. The number of nitrogens with zero attached hydrogens (tertiary/aromatic N) is 1. The van der Waals surface area contributed by atoms with Crippen LogP contribution in [0.4, 0.5) is 0 Å². The van der Waals surface area contributed by atoms with Crippen LogP contribution < -0.4 is 9.62 Å². The second-order valence-corrected chi connectivity index (χ2v) is 5.47. The Hall–Kier alpha value is -1.64. The lowest BCUT2D eigenvalue weighted by Gasteiger charge is -2.13. The van der Waals surface area contributed by atoms with Crippen LogP contribution in [0.2, 0.25) is 0 Å². The highest BCUT2D eigenvalue weighted by Gasteiger charge is 2.22. The van der Waals surface area contributed by atoms with Crippen molar-refractivity contribution in [3.8, 4) is 5.75 Å². The zero-order chi connectivity index (χ0) is 14.6. The van der Waals surface area contributed by atoms with Crippen LogP contribution in [0.1, 0.15) is 10.4 Å². The minimum absolute atomic E-state index is 0.125. The molecule has 0 atom stereocenters. The van der Waals surface area contributed by atoms with Crippen molar-refractivity contribution in [2.24, 2.45) is 0 Å². The third kappa shape index (κ3) is 3.43. The van der Waals surface area contributed by atoms with E-state index in [4.69, 9.17) is 4.74 Å². The van der Waals surface area contributed by atoms with E-state index in [-0.39, 0.29) is 22.1 Å². The number of benzene rings is 1. The largest absolute Gasteiger partial charge is 0.495 e. The maximum absolute atomic E-state index is 11.9. The zero-order valence-electron chi connectivity index (χ0n) is 11.1. The first kappa shape index (κ1) is 15.4. The summed E-state index contributed by atoms with van der Waals surface area (Å²) in [6, 6.07) is 4.15. The Balaban J connectivity index is 3.36. The maximum atomic E-state index is 11.9. The van der Waals surface area contributed by atoms with Gasteiger partial charge in [-0.15, -0.1) is 0 Å². The van der Waals surface area contributed by atoms with Crippen molar-refractivity contribution >= 4 is 15.9 Å². The summed E-state index contributed by atoms with van der Waals surface area (Å²) in [7, 11) is 1.77. The van der Waals surface area contributed by atoms with Crippen LogP contribution in [-0.4, -0.2) is 47.5 Å². The van der Waals surface area contributed by atoms with Crippen LogP contribution >= 0.6 is 0 Å². The fraction of sp³-hybridized carbons (Fsp3) is 0.364. The van der Waals surface area contributed by atoms with Gasteiger partial charge in [0.15, 0.2) is 0 Å². The molecule has 0 spiro atoms. The van der Waals surface area contributed by atoms with Crippen molar-refractivity contribution in [3.05, 3.63) is 23.8 Å². The SMILES string of the molecule is CONS(=O)(=O)c1cc(C(=O)N(C)C)ccc1OC. The number of carbonyl (C=O) groups is 1. The summed E-state index contributed by atoms with van der Waals surface area (Å²) < 4.78 is 28.8. The van der Waals surface area contributed by atoms with E-state index in [2.05, 4.69) is 4.84 Å². The van der Waals surface area contributed by atoms with Crippen LogP contribution in [0.25, 0.3) is 0 Å². The third-order valence-corrected chi connectivity index (χ3v) is 3.58. The van der Waals surface area contributed by atoms with E-state index < -0.39 is 10.0 Å². The third-order valence-electron chi connectivity index (χ3n) is 2.30. The molecule has 0 aliphatic heterocycles. The fourth-order valence-corrected chi connectivity index (χ4v) is 2.44. The Bertz CT molecular complexity index is 568. The summed E-state index contributed by atoms with van der Waals surface area (Å²) in [5.74, 6) is -0.184. The van der Waals surface area contributed by atoms with Crippen LogP contribution in [0, 0.1) is 0 Å². The van der Waals surface area contributed by atoms with Crippen molar-refractivity contribution < 1.29 is 22.8 Å². The fourth-order valence-electron chi connectivity index (χ4n) is 1.43. The van der Waals surface area contributed by atoms with Gasteiger partial charge < -0.3 is 9.64 Å². The van der Waals surface area contributed by atoms with Crippen molar-refractivity contribution in [1.82, 2.24) is 9.79 Å². The number of nitrogens with one attached hydrogen (secondary N) is 1. The molecule has 0 aromatic heterocycles. The number of ether oxygens (including phenoxy) is 1. The van der Waals surface area contributed by atoms with Crippen molar-refractivity contribution in [2.45, 2.75) is 4.90 Å². The summed E-state index contributed by atoms with van der Waals surface area (Å²) in [5, 5.41) is 0. The summed E-state index contributed by atoms with van der Waals surface area (Å²) in [5.41, 5.74) is 0.238. The minimum Gasteiger partial charge on any atom is -0.495 e. The van der Waals surface area contributed by atoms with Gasteiger partial charge in [0.05, 0.1) is 14.2 Å². The lowest BCUT2D eigenvalue weighted by molar-refractivity contribution is 0.0827. The number of hydrogen-bond donors (Lipinski definition) is 1. The highest BCUT2D eigenvalue weighted by molar-refractivity contribution is 7.89. The quantitative estimate of drug-likeness (QED) is 0.784. The molecular formula is C11H16N2O5S. The Morgan fingerprint density at radius 3 is 2.37 bits per heavy atom. The molecule has 19 heavy (non-hydrogen) atoms. The summed E-state index contributed by atoms with van der Waals surface area (Å²) in [6.07, 6.45) is 0. The second-order valence-electron chi connectivity index (χ2n) is 3.86. The topological polar surface area (TPSA) is 84.9 Å². The Kier molecular flexibility index (Phi) is 4.87. The van der Waals surface area contributed by atoms with Gasteiger partial charge in [0.25, 0.3) is 15.9 Å². The predicted molar refractivity (Wildman–Crippen MR) is 68.3 cm³/mol. The average molecular weight is 288 g/mol. The van der Waals surface area contributed by atoms with Crippen LogP contribution in [0.5, 0.6) is 5.75 Å². The highest BCUT2D eigenvalue weighted by atomic mass is 32.2. The summed E-state index contributed by atoms with van der Waals surface area (Å²) in [4.78, 5) is 19.3. The van der Waals surface area contributed by atoms with E-state index >= 15 is 0 Å². The molecule has 7 nitrogen and oxygen atoms in total. The molecule has 106 valence electrons. The van der Waals surface area contributed by atoms with Gasteiger partial charge in [-0.25, -0.2) is 8.42 Å².